The van der Waals surface area contributed by atoms with E-state index in [0.29, 0.717) is 29.1 Å². The van der Waals surface area contributed by atoms with Gasteiger partial charge in [-0.3, -0.25) is 4.79 Å². The molecular weight excluding hydrogens is 351 g/mol. The van der Waals surface area contributed by atoms with Crippen LogP contribution in [-0.2, 0) is 6.42 Å². The van der Waals surface area contributed by atoms with Gasteiger partial charge >= 0.3 is 0 Å². The normalized spacial score (nSPS) is 16.8. The van der Waals surface area contributed by atoms with Gasteiger partial charge in [-0.25, -0.2) is 13.9 Å². The predicted molar refractivity (Wildman–Crippen MR) is 95.9 cm³/mol. The smallest absolute Gasteiger partial charge is 0.252 e. The zero-order valence-corrected chi connectivity index (χ0v) is 14.4. The molecule has 0 saturated heterocycles. The Hall–Kier alpha value is -2.93. The minimum Gasteiger partial charge on any atom is -0.294 e. The van der Waals surface area contributed by atoms with E-state index >= 15 is 0 Å². The molecule has 128 valence electrons. The fourth-order valence-corrected chi connectivity index (χ4v) is 4.16. The number of carbonyl (C=O) groups is 1. The Balaban J connectivity index is 1.57. The van der Waals surface area contributed by atoms with Gasteiger partial charge in [0.25, 0.3) is 5.78 Å². The van der Waals surface area contributed by atoms with E-state index in [9.17, 15) is 9.18 Å². The van der Waals surface area contributed by atoms with Crippen molar-refractivity contribution in [2.75, 3.05) is 0 Å². The maximum Gasteiger partial charge on any atom is 0.252 e. The number of rotatable bonds is 2. The van der Waals surface area contributed by atoms with Crippen LogP contribution in [0.2, 0.25) is 0 Å². The van der Waals surface area contributed by atoms with Crippen LogP contribution in [-0.4, -0.2) is 25.4 Å². The molecule has 0 N–H and O–H groups in total. The highest BCUT2D eigenvalue weighted by Gasteiger charge is 2.29. The highest BCUT2D eigenvalue weighted by Crippen LogP contribution is 2.34. The number of thiophene rings is 1. The predicted octanol–water partition coefficient (Wildman–Crippen LogP) is 3.90. The van der Waals surface area contributed by atoms with Crippen molar-refractivity contribution < 1.29 is 9.18 Å². The van der Waals surface area contributed by atoms with Crippen LogP contribution < -0.4 is 0 Å². The number of hydrogen-bond donors (Lipinski definition) is 0. The summed E-state index contributed by atoms with van der Waals surface area (Å²) in [7, 11) is 0. The highest BCUT2D eigenvalue weighted by molar-refractivity contribution is 7.10. The van der Waals surface area contributed by atoms with Crippen molar-refractivity contribution in [3.8, 4) is 11.4 Å². The summed E-state index contributed by atoms with van der Waals surface area (Å²) in [6.07, 6.45) is 2.92. The van der Waals surface area contributed by atoms with Crippen LogP contribution in [0.3, 0.4) is 0 Å². The zero-order chi connectivity index (χ0) is 17.7. The van der Waals surface area contributed by atoms with Gasteiger partial charge in [0.2, 0.25) is 0 Å². The largest absolute Gasteiger partial charge is 0.294 e. The third-order valence-corrected chi connectivity index (χ3v) is 5.67. The van der Waals surface area contributed by atoms with Gasteiger partial charge in [-0.1, -0.05) is 6.07 Å². The van der Waals surface area contributed by atoms with Crippen molar-refractivity contribution >= 4 is 22.9 Å². The van der Waals surface area contributed by atoms with E-state index in [1.165, 1.54) is 21.5 Å². The molecule has 5 rings (SSSR count). The number of halogens is 1. The first-order chi connectivity index (χ1) is 12.7. The SMILES string of the molecule is O=C1C[C@@H](c2cccs2)Cc2nc3nc(-c4ccc(F)cc4)nn3cc21. The van der Waals surface area contributed by atoms with Crippen molar-refractivity contribution in [1.29, 1.82) is 0 Å². The van der Waals surface area contributed by atoms with E-state index in [0.717, 1.165) is 12.1 Å². The summed E-state index contributed by atoms with van der Waals surface area (Å²) in [5, 5.41) is 6.42. The van der Waals surface area contributed by atoms with E-state index in [2.05, 4.69) is 21.1 Å². The quantitative estimate of drug-likeness (QED) is 0.541. The van der Waals surface area contributed by atoms with Gasteiger partial charge in [-0.15, -0.1) is 16.4 Å². The van der Waals surface area contributed by atoms with E-state index in [1.807, 2.05) is 11.4 Å². The molecule has 26 heavy (non-hydrogen) atoms. The first-order valence-corrected chi connectivity index (χ1v) is 9.14. The lowest BCUT2D eigenvalue weighted by atomic mass is 9.86. The molecule has 0 fully saturated rings. The van der Waals surface area contributed by atoms with Crippen LogP contribution in [0.15, 0.2) is 48.0 Å². The van der Waals surface area contributed by atoms with Crippen molar-refractivity contribution in [3.63, 3.8) is 0 Å². The molecule has 0 spiro atoms. The minimum atomic E-state index is -0.309. The summed E-state index contributed by atoms with van der Waals surface area (Å²) < 4.78 is 14.6. The van der Waals surface area contributed by atoms with Crippen LogP contribution in [0.25, 0.3) is 17.2 Å². The Kier molecular flexibility index (Phi) is 3.43. The molecule has 1 aromatic carbocycles. The summed E-state index contributed by atoms with van der Waals surface area (Å²) in [6, 6.07) is 10.1. The lowest BCUT2D eigenvalue weighted by Gasteiger charge is -2.21. The maximum absolute atomic E-state index is 13.1. The molecule has 0 aliphatic heterocycles. The number of fused-ring (bicyclic) bond motifs is 2. The standard InChI is InChI=1S/C19H13FN4OS/c20-13-5-3-11(4-6-13)18-22-19-21-15-8-12(17-2-1-7-26-17)9-16(25)14(15)10-24(19)23-18/h1-7,10,12H,8-9H2/t12-/m0/s1. The van der Waals surface area contributed by atoms with Gasteiger partial charge in [0.1, 0.15) is 5.82 Å². The minimum absolute atomic E-state index is 0.0814. The molecular formula is C19H13FN4OS. The molecule has 5 nitrogen and oxygen atoms in total. The van der Waals surface area contributed by atoms with Crippen LogP contribution in [0.1, 0.15) is 33.3 Å². The van der Waals surface area contributed by atoms with Crippen LogP contribution >= 0.6 is 11.3 Å². The molecule has 0 saturated carbocycles. The van der Waals surface area contributed by atoms with Crippen molar-refractivity contribution in [1.82, 2.24) is 19.6 Å². The molecule has 3 heterocycles. The molecule has 3 aromatic heterocycles. The summed E-state index contributed by atoms with van der Waals surface area (Å²) in [6.45, 7) is 0. The average molecular weight is 364 g/mol. The lowest BCUT2D eigenvalue weighted by molar-refractivity contribution is 0.0963. The maximum atomic E-state index is 13.1. The number of benzene rings is 1. The van der Waals surface area contributed by atoms with Gasteiger partial charge in [0, 0.05) is 29.0 Å². The third kappa shape index (κ3) is 2.52. The van der Waals surface area contributed by atoms with Crippen LogP contribution in [0.4, 0.5) is 4.39 Å². The number of aromatic nitrogens is 4. The highest BCUT2D eigenvalue weighted by atomic mass is 32.1. The van der Waals surface area contributed by atoms with Gasteiger partial charge < -0.3 is 0 Å². The summed E-state index contributed by atoms with van der Waals surface area (Å²) in [5.41, 5.74) is 2.09. The fraction of sp³-hybridized carbons (Fsp3) is 0.158. The lowest BCUT2D eigenvalue weighted by Crippen LogP contribution is -2.20. The Morgan fingerprint density at radius 3 is 2.73 bits per heavy atom. The average Bonchev–Trinajstić information content (AvgIpc) is 3.30. The molecule has 1 aliphatic rings. The van der Waals surface area contributed by atoms with E-state index in [1.54, 1.807) is 29.7 Å². The van der Waals surface area contributed by atoms with Crippen LogP contribution in [0.5, 0.6) is 0 Å². The van der Waals surface area contributed by atoms with E-state index in [-0.39, 0.29) is 17.5 Å². The molecule has 0 unspecified atom stereocenters. The summed E-state index contributed by atoms with van der Waals surface area (Å²) in [5.74, 6) is 0.850. The number of Topliss-reactive ketones (excluding diaryl/α,β-unsaturated/α-hetero) is 1. The number of nitrogens with zero attached hydrogens (tertiary/aromatic N) is 4. The second kappa shape index (κ2) is 5.81. The molecule has 0 bridgehead atoms. The molecule has 0 radical (unpaired) electrons. The molecule has 1 aliphatic carbocycles. The van der Waals surface area contributed by atoms with Crippen molar-refractivity contribution in [2.45, 2.75) is 18.8 Å². The van der Waals surface area contributed by atoms with E-state index < -0.39 is 0 Å². The third-order valence-electron chi connectivity index (χ3n) is 4.63. The topological polar surface area (TPSA) is 60.2 Å². The first kappa shape index (κ1) is 15.3. The molecule has 7 heteroatoms. The monoisotopic (exact) mass is 364 g/mol. The second-order valence-corrected chi connectivity index (χ2v) is 7.31. The Morgan fingerprint density at radius 1 is 1.12 bits per heavy atom. The van der Waals surface area contributed by atoms with Gasteiger partial charge in [0.05, 0.1) is 11.3 Å². The van der Waals surface area contributed by atoms with Gasteiger partial charge in [-0.05, 0) is 42.1 Å². The van der Waals surface area contributed by atoms with Crippen molar-refractivity contribution in [3.05, 3.63) is 69.9 Å². The Labute approximate surface area is 152 Å². The fourth-order valence-electron chi connectivity index (χ4n) is 3.33. The number of hydrogen-bond acceptors (Lipinski definition) is 5. The van der Waals surface area contributed by atoms with Gasteiger partial charge in [-0.2, -0.15) is 4.98 Å². The number of carbonyl (C=O) groups excluding carboxylic acids is 1. The second-order valence-electron chi connectivity index (χ2n) is 6.33. The first-order valence-electron chi connectivity index (χ1n) is 8.26. The van der Waals surface area contributed by atoms with E-state index in [4.69, 9.17) is 0 Å². The Morgan fingerprint density at radius 2 is 1.96 bits per heavy atom. The summed E-state index contributed by atoms with van der Waals surface area (Å²) >= 11 is 1.67. The number of ketones is 1. The van der Waals surface area contributed by atoms with Gasteiger partial charge in [0.15, 0.2) is 11.6 Å². The Bertz CT molecular complexity index is 1120. The summed E-state index contributed by atoms with van der Waals surface area (Å²) in [4.78, 5) is 22.9. The van der Waals surface area contributed by atoms with Crippen molar-refractivity contribution in [2.24, 2.45) is 0 Å². The molecule has 4 aromatic rings. The molecule has 1 atom stereocenters. The zero-order valence-electron chi connectivity index (χ0n) is 13.6. The van der Waals surface area contributed by atoms with Crippen LogP contribution in [0, 0.1) is 5.82 Å². The molecule has 0 amide bonds.